The maximum Gasteiger partial charge on any atom is 0.226 e. The third kappa shape index (κ3) is 3.29. The second-order valence-electron chi connectivity index (χ2n) is 6.19. The third-order valence-corrected chi connectivity index (χ3v) is 4.39. The van der Waals surface area contributed by atoms with E-state index in [-0.39, 0.29) is 29.4 Å². The lowest BCUT2D eigenvalue weighted by atomic mass is 9.63. The van der Waals surface area contributed by atoms with E-state index < -0.39 is 0 Å². The van der Waals surface area contributed by atoms with Crippen LogP contribution in [0.1, 0.15) is 47.5 Å². The molecule has 1 aliphatic carbocycles. The highest BCUT2D eigenvalue weighted by Crippen LogP contribution is 2.46. The number of rotatable bonds is 7. The van der Waals surface area contributed by atoms with Gasteiger partial charge >= 0.3 is 0 Å². The van der Waals surface area contributed by atoms with Gasteiger partial charge in [0.1, 0.15) is 0 Å². The van der Waals surface area contributed by atoms with Crippen LogP contribution in [0.5, 0.6) is 0 Å². The van der Waals surface area contributed by atoms with Crippen LogP contribution in [0.2, 0.25) is 0 Å². The molecule has 0 aromatic rings. The molecule has 4 heteroatoms. The van der Waals surface area contributed by atoms with Gasteiger partial charge in [0.25, 0.3) is 0 Å². The lowest BCUT2D eigenvalue weighted by molar-refractivity contribution is -0.169. The molecule has 0 aliphatic heterocycles. The molecule has 112 valence electrons. The van der Waals surface area contributed by atoms with Crippen molar-refractivity contribution < 1.29 is 9.53 Å². The smallest absolute Gasteiger partial charge is 0.226 e. The summed E-state index contributed by atoms with van der Waals surface area (Å²) in [5.41, 5.74) is 5.67. The molecule has 0 saturated heterocycles. The zero-order chi connectivity index (χ0) is 14.6. The summed E-state index contributed by atoms with van der Waals surface area (Å²) in [6.07, 6.45) is 2.20. The van der Waals surface area contributed by atoms with Crippen molar-refractivity contribution in [1.29, 1.82) is 0 Å². The Morgan fingerprint density at radius 1 is 1.47 bits per heavy atom. The van der Waals surface area contributed by atoms with Crippen LogP contribution in [0.25, 0.3) is 0 Å². The van der Waals surface area contributed by atoms with Gasteiger partial charge in [0.2, 0.25) is 5.91 Å². The predicted molar refractivity (Wildman–Crippen MR) is 77.8 cm³/mol. The molecule has 1 aliphatic rings. The van der Waals surface area contributed by atoms with Gasteiger partial charge in [-0.05, 0) is 19.8 Å². The summed E-state index contributed by atoms with van der Waals surface area (Å²) in [7, 11) is 0. The third-order valence-electron chi connectivity index (χ3n) is 4.39. The van der Waals surface area contributed by atoms with Crippen molar-refractivity contribution in [2.75, 3.05) is 19.7 Å². The lowest BCUT2D eigenvalue weighted by Gasteiger charge is -2.56. The van der Waals surface area contributed by atoms with Gasteiger partial charge in [0.05, 0.1) is 6.10 Å². The van der Waals surface area contributed by atoms with E-state index in [9.17, 15) is 4.79 Å². The van der Waals surface area contributed by atoms with Crippen LogP contribution in [0, 0.1) is 11.3 Å². The largest absolute Gasteiger partial charge is 0.378 e. The average molecular weight is 270 g/mol. The maximum absolute atomic E-state index is 12.5. The number of nitrogens with two attached hydrogens (primary N) is 1. The van der Waals surface area contributed by atoms with Crippen LogP contribution >= 0.6 is 0 Å². The van der Waals surface area contributed by atoms with Crippen LogP contribution in [0.4, 0.5) is 0 Å². The molecular formula is C15H30N2O2. The van der Waals surface area contributed by atoms with Crippen molar-refractivity contribution >= 4 is 5.91 Å². The van der Waals surface area contributed by atoms with Crippen LogP contribution in [0.3, 0.4) is 0 Å². The molecule has 0 radical (unpaired) electrons. The van der Waals surface area contributed by atoms with Gasteiger partial charge in [-0.25, -0.2) is 0 Å². The summed E-state index contributed by atoms with van der Waals surface area (Å²) in [4.78, 5) is 14.5. The van der Waals surface area contributed by atoms with Crippen molar-refractivity contribution in [3.8, 4) is 0 Å². The molecule has 3 unspecified atom stereocenters. The van der Waals surface area contributed by atoms with Gasteiger partial charge in [-0.3, -0.25) is 4.79 Å². The first-order valence-corrected chi connectivity index (χ1v) is 7.52. The highest BCUT2D eigenvalue weighted by Gasteiger charge is 2.52. The Kier molecular flexibility index (Phi) is 5.81. The van der Waals surface area contributed by atoms with E-state index in [1.54, 1.807) is 0 Å². The first kappa shape index (κ1) is 16.4. The second-order valence-corrected chi connectivity index (χ2v) is 6.19. The normalized spacial score (nSPS) is 26.6. The quantitative estimate of drug-likeness (QED) is 0.770. The van der Waals surface area contributed by atoms with E-state index in [2.05, 4.69) is 20.8 Å². The molecule has 4 nitrogen and oxygen atoms in total. The summed E-state index contributed by atoms with van der Waals surface area (Å²) >= 11 is 0. The molecule has 2 N–H and O–H groups in total. The SMILES string of the molecule is CCCN(C(=O)C(C)CN)C1CC(OCC)C1(C)C. The Balaban J connectivity index is 2.76. The Hall–Kier alpha value is -0.610. The van der Waals surface area contributed by atoms with Crippen molar-refractivity contribution in [2.45, 2.75) is 59.6 Å². The lowest BCUT2D eigenvalue weighted by Crippen LogP contribution is -2.64. The summed E-state index contributed by atoms with van der Waals surface area (Å²) in [6, 6.07) is 0.283. The van der Waals surface area contributed by atoms with Crippen LogP contribution in [0.15, 0.2) is 0 Å². The molecule has 1 saturated carbocycles. The van der Waals surface area contributed by atoms with Crippen molar-refractivity contribution in [3.63, 3.8) is 0 Å². The van der Waals surface area contributed by atoms with E-state index in [1.807, 2.05) is 18.7 Å². The monoisotopic (exact) mass is 270 g/mol. The molecule has 1 rings (SSSR count). The molecule has 0 aromatic heterocycles. The Morgan fingerprint density at radius 2 is 2.11 bits per heavy atom. The zero-order valence-corrected chi connectivity index (χ0v) is 13.1. The van der Waals surface area contributed by atoms with Crippen LogP contribution in [-0.4, -0.2) is 42.6 Å². The molecule has 1 amide bonds. The van der Waals surface area contributed by atoms with Gasteiger partial charge in [0, 0.05) is 37.1 Å². The molecule has 0 aromatic carbocycles. The topological polar surface area (TPSA) is 55.6 Å². The van der Waals surface area contributed by atoms with Crippen molar-refractivity contribution in [3.05, 3.63) is 0 Å². The molecular weight excluding hydrogens is 240 g/mol. The Bertz CT molecular complexity index is 305. The minimum Gasteiger partial charge on any atom is -0.378 e. The van der Waals surface area contributed by atoms with E-state index in [0.717, 1.165) is 26.0 Å². The first-order chi connectivity index (χ1) is 8.89. The Labute approximate surface area is 117 Å². The van der Waals surface area contributed by atoms with E-state index >= 15 is 0 Å². The van der Waals surface area contributed by atoms with Gasteiger partial charge in [-0.2, -0.15) is 0 Å². The second kappa shape index (κ2) is 6.71. The van der Waals surface area contributed by atoms with Gasteiger partial charge in [0.15, 0.2) is 0 Å². The van der Waals surface area contributed by atoms with Crippen molar-refractivity contribution in [2.24, 2.45) is 17.1 Å². The fourth-order valence-corrected chi connectivity index (χ4v) is 2.92. The highest BCUT2D eigenvalue weighted by molar-refractivity contribution is 5.79. The van der Waals surface area contributed by atoms with Gasteiger partial charge in [-0.1, -0.05) is 27.7 Å². The number of hydrogen-bond acceptors (Lipinski definition) is 3. The van der Waals surface area contributed by atoms with Gasteiger partial charge in [-0.15, -0.1) is 0 Å². The number of nitrogens with zero attached hydrogens (tertiary/aromatic N) is 1. The average Bonchev–Trinajstić information content (AvgIpc) is 2.39. The molecule has 1 fully saturated rings. The number of hydrogen-bond donors (Lipinski definition) is 1. The standard InChI is InChI=1S/C15H30N2O2/c1-6-8-17(14(18)11(3)10-16)12-9-13(19-7-2)15(12,4)5/h11-13H,6-10,16H2,1-5H3. The predicted octanol–water partition coefficient (Wildman–Crippen LogP) is 2.02. The summed E-state index contributed by atoms with van der Waals surface area (Å²) in [5, 5.41) is 0. The molecule has 0 spiro atoms. The van der Waals surface area contributed by atoms with Crippen LogP contribution in [-0.2, 0) is 9.53 Å². The number of carbonyl (C=O) groups excluding carboxylic acids is 1. The fourth-order valence-electron chi connectivity index (χ4n) is 2.92. The summed E-state index contributed by atoms with van der Waals surface area (Å²) in [5.74, 6) is 0.103. The van der Waals surface area contributed by atoms with Crippen molar-refractivity contribution in [1.82, 2.24) is 4.90 Å². The molecule has 0 bridgehead atoms. The van der Waals surface area contributed by atoms with E-state index in [0.29, 0.717) is 6.54 Å². The van der Waals surface area contributed by atoms with E-state index in [4.69, 9.17) is 10.5 Å². The van der Waals surface area contributed by atoms with E-state index in [1.165, 1.54) is 0 Å². The maximum atomic E-state index is 12.5. The minimum absolute atomic E-state index is 0.0369. The number of carbonyl (C=O) groups is 1. The fraction of sp³-hybridized carbons (Fsp3) is 0.933. The van der Waals surface area contributed by atoms with Crippen LogP contribution < -0.4 is 5.73 Å². The molecule has 19 heavy (non-hydrogen) atoms. The number of amides is 1. The minimum atomic E-state index is -0.0894. The first-order valence-electron chi connectivity index (χ1n) is 7.52. The van der Waals surface area contributed by atoms with Gasteiger partial charge < -0.3 is 15.4 Å². The number of ether oxygens (including phenoxy) is 1. The zero-order valence-electron chi connectivity index (χ0n) is 13.1. The Morgan fingerprint density at radius 3 is 2.53 bits per heavy atom. The summed E-state index contributed by atoms with van der Waals surface area (Å²) < 4.78 is 5.76. The molecule has 3 atom stereocenters. The summed E-state index contributed by atoms with van der Waals surface area (Å²) in [6.45, 7) is 12.4. The highest BCUT2D eigenvalue weighted by atomic mass is 16.5. The molecule has 0 heterocycles.